The van der Waals surface area contributed by atoms with Gasteiger partial charge in [0.25, 0.3) is 5.91 Å². The van der Waals surface area contributed by atoms with Crippen molar-refractivity contribution in [3.05, 3.63) is 93.8 Å². The van der Waals surface area contributed by atoms with Crippen molar-refractivity contribution < 1.29 is 19.1 Å². The number of nitrogens with one attached hydrogen (secondary N) is 1. The largest absolute Gasteiger partial charge is 0.493 e. The number of hydrogen-bond donors (Lipinski definition) is 1. The number of hydrogen-bond acceptors (Lipinski definition) is 5. The molecule has 1 aromatic heterocycles. The van der Waals surface area contributed by atoms with E-state index in [4.69, 9.17) is 21.1 Å². The minimum atomic E-state index is -0.284. The highest BCUT2D eigenvalue weighted by molar-refractivity contribution is 7.21. The van der Waals surface area contributed by atoms with Crippen molar-refractivity contribution in [3.63, 3.8) is 0 Å². The standard InChI is InChI=1S/C26H20ClNO4S/c1-31-21-14-8-16(15-22(21)32-2)7-13-20(29)17-9-11-18(12-10-17)28-26(30)25-24(27)19-5-3-4-6-23(19)33-25/h3-15H,1-2H3,(H,28,30)/b13-7+. The van der Waals surface area contributed by atoms with Crippen LogP contribution in [-0.2, 0) is 0 Å². The van der Waals surface area contributed by atoms with E-state index in [1.807, 2.05) is 30.3 Å². The molecule has 4 rings (SSSR count). The fourth-order valence-corrected chi connectivity index (χ4v) is 4.70. The van der Waals surface area contributed by atoms with Crippen molar-refractivity contribution in [1.82, 2.24) is 0 Å². The Bertz CT molecular complexity index is 1360. The van der Waals surface area contributed by atoms with E-state index in [-0.39, 0.29) is 11.7 Å². The van der Waals surface area contributed by atoms with Crippen LogP contribution in [0.5, 0.6) is 11.5 Å². The molecule has 33 heavy (non-hydrogen) atoms. The number of carbonyl (C=O) groups is 2. The SMILES string of the molecule is COc1ccc(/C=C/C(=O)c2ccc(NC(=O)c3sc4ccccc4c3Cl)cc2)cc1OC. The predicted molar refractivity (Wildman–Crippen MR) is 134 cm³/mol. The Hall–Kier alpha value is -3.61. The van der Waals surface area contributed by atoms with Crippen LogP contribution in [0.3, 0.4) is 0 Å². The summed E-state index contributed by atoms with van der Waals surface area (Å²) in [7, 11) is 3.13. The zero-order valence-corrected chi connectivity index (χ0v) is 19.5. The van der Waals surface area contributed by atoms with Crippen LogP contribution in [0.25, 0.3) is 16.2 Å². The smallest absolute Gasteiger partial charge is 0.267 e. The summed E-state index contributed by atoms with van der Waals surface area (Å²) < 4.78 is 11.5. The molecule has 0 unspecified atom stereocenters. The van der Waals surface area contributed by atoms with E-state index in [9.17, 15) is 9.59 Å². The van der Waals surface area contributed by atoms with Gasteiger partial charge in [0.15, 0.2) is 17.3 Å². The number of fused-ring (bicyclic) bond motifs is 1. The van der Waals surface area contributed by atoms with Gasteiger partial charge < -0.3 is 14.8 Å². The van der Waals surface area contributed by atoms with Gasteiger partial charge in [0.1, 0.15) is 4.88 Å². The van der Waals surface area contributed by atoms with Crippen molar-refractivity contribution in [2.75, 3.05) is 19.5 Å². The maximum atomic E-state index is 12.7. The summed E-state index contributed by atoms with van der Waals surface area (Å²) in [5.74, 6) is 0.769. The van der Waals surface area contributed by atoms with Crippen molar-refractivity contribution in [2.45, 2.75) is 0 Å². The number of halogens is 1. The summed E-state index contributed by atoms with van der Waals surface area (Å²) in [6, 6.07) is 19.7. The molecular weight excluding hydrogens is 458 g/mol. The first-order valence-corrected chi connectivity index (χ1v) is 11.2. The topological polar surface area (TPSA) is 64.6 Å². The lowest BCUT2D eigenvalue weighted by Crippen LogP contribution is -2.10. The lowest BCUT2D eigenvalue weighted by Gasteiger charge is -2.07. The van der Waals surface area contributed by atoms with Crippen molar-refractivity contribution in [1.29, 1.82) is 0 Å². The van der Waals surface area contributed by atoms with Crippen LogP contribution in [0.15, 0.2) is 72.8 Å². The molecule has 1 heterocycles. The van der Waals surface area contributed by atoms with Gasteiger partial charge in [-0.3, -0.25) is 9.59 Å². The molecule has 0 spiro atoms. The Morgan fingerprint density at radius 1 is 0.939 bits per heavy atom. The number of ether oxygens (including phenoxy) is 2. The van der Waals surface area contributed by atoms with Gasteiger partial charge in [-0.2, -0.15) is 0 Å². The molecule has 7 heteroatoms. The normalized spacial score (nSPS) is 11.0. The number of allylic oxidation sites excluding steroid dienone is 1. The molecule has 3 aromatic carbocycles. The summed E-state index contributed by atoms with van der Waals surface area (Å²) in [4.78, 5) is 25.7. The second-order valence-corrected chi connectivity index (χ2v) is 8.51. The molecule has 166 valence electrons. The monoisotopic (exact) mass is 477 g/mol. The first-order chi connectivity index (χ1) is 16.0. The zero-order chi connectivity index (χ0) is 23.4. The second kappa shape index (κ2) is 9.90. The third-order valence-electron chi connectivity index (χ3n) is 5.00. The number of ketones is 1. The third-order valence-corrected chi connectivity index (χ3v) is 6.68. The summed E-state index contributed by atoms with van der Waals surface area (Å²) in [6.07, 6.45) is 3.20. The Balaban J connectivity index is 1.44. The van der Waals surface area contributed by atoms with Crippen molar-refractivity contribution in [3.8, 4) is 11.5 Å². The van der Waals surface area contributed by atoms with Crippen LogP contribution in [-0.4, -0.2) is 25.9 Å². The summed E-state index contributed by atoms with van der Waals surface area (Å²) in [6.45, 7) is 0. The highest BCUT2D eigenvalue weighted by atomic mass is 35.5. The number of benzene rings is 3. The van der Waals surface area contributed by atoms with Crippen LogP contribution >= 0.6 is 22.9 Å². The molecule has 0 saturated heterocycles. The van der Waals surface area contributed by atoms with Crippen LogP contribution in [0.2, 0.25) is 5.02 Å². The quantitative estimate of drug-likeness (QED) is 0.237. The average molecular weight is 478 g/mol. The van der Waals surface area contributed by atoms with E-state index in [2.05, 4.69) is 5.32 Å². The number of amides is 1. The van der Waals surface area contributed by atoms with Gasteiger partial charge in [-0.25, -0.2) is 0 Å². The van der Waals surface area contributed by atoms with E-state index in [1.165, 1.54) is 17.4 Å². The van der Waals surface area contributed by atoms with Crippen LogP contribution < -0.4 is 14.8 Å². The maximum absolute atomic E-state index is 12.7. The predicted octanol–water partition coefficient (Wildman–Crippen LogP) is 6.72. The molecule has 0 atom stereocenters. The maximum Gasteiger partial charge on any atom is 0.267 e. The van der Waals surface area contributed by atoms with Crippen molar-refractivity contribution >= 4 is 56.5 Å². The zero-order valence-electron chi connectivity index (χ0n) is 17.9. The molecule has 0 fully saturated rings. The van der Waals surface area contributed by atoms with Gasteiger partial charge in [0.05, 0.1) is 19.2 Å². The van der Waals surface area contributed by atoms with Gasteiger partial charge in [0, 0.05) is 21.3 Å². The average Bonchev–Trinajstić information content (AvgIpc) is 3.19. The van der Waals surface area contributed by atoms with Gasteiger partial charge >= 0.3 is 0 Å². The van der Waals surface area contributed by atoms with Gasteiger partial charge in [-0.15, -0.1) is 11.3 Å². The third kappa shape index (κ3) is 4.92. The molecule has 0 aliphatic carbocycles. The molecule has 4 aromatic rings. The van der Waals surface area contributed by atoms with E-state index in [0.29, 0.717) is 32.6 Å². The summed E-state index contributed by atoms with van der Waals surface area (Å²) >= 11 is 7.73. The van der Waals surface area contributed by atoms with E-state index < -0.39 is 0 Å². The Morgan fingerprint density at radius 3 is 2.36 bits per heavy atom. The Labute approximate surface area is 200 Å². The number of carbonyl (C=O) groups excluding carboxylic acids is 2. The molecule has 0 aliphatic rings. The lowest BCUT2D eigenvalue weighted by molar-refractivity contribution is 0.102. The van der Waals surface area contributed by atoms with Crippen LogP contribution in [0, 0.1) is 0 Å². The first-order valence-electron chi connectivity index (χ1n) is 10.0. The number of anilines is 1. The van der Waals surface area contributed by atoms with Gasteiger partial charge in [-0.1, -0.05) is 41.9 Å². The van der Waals surface area contributed by atoms with Gasteiger partial charge in [-0.05, 0) is 54.1 Å². The Kier molecular flexibility index (Phi) is 6.77. The molecular formula is C26H20ClNO4S. The van der Waals surface area contributed by atoms with Crippen molar-refractivity contribution in [2.24, 2.45) is 0 Å². The summed E-state index contributed by atoms with van der Waals surface area (Å²) in [5.41, 5.74) is 1.89. The fourth-order valence-electron chi connectivity index (χ4n) is 3.29. The fraction of sp³-hybridized carbons (Fsp3) is 0.0769. The van der Waals surface area contributed by atoms with E-state index in [0.717, 1.165) is 15.6 Å². The highest BCUT2D eigenvalue weighted by Crippen LogP contribution is 2.35. The minimum Gasteiger partial charge on any atom is -0.493 e. The van der Waals surface area contributed by atoms with Crippen LogP contribution in [0.4, 0.5) is 5.69 Å². The molecule has 1 amide bonds. The molecule has 0 bridgehead atoms. The molecule has 0 radical (unpaired) electrons. The summed E-state index contributed by atoms with van der Waals surface area (Å²) in [5, 5.41) is 4.14. The second-order valence-electron chi connectivity index (χ2n) is 7.08. The lowest BCUT2D eigenvalue weighted by atomic mass is 10.1. The minimum absolute atomic E-state index is 0.157. The number of methoxy groups -OCH3 is 2. The van der Waals surface area contributed by atoms with Gasteiger partial charge in [0.2, 0.25) is 0 Å². The molecule has 0 saturated carbocycles. The van der Waals surface area contributed by atoms with E-state index >= 15 is 0 Å². The molecule has 5 nitrogen and oxygen atoms in total. The highest BCUT2D eigenvalue weighted by Gasteiger charge is 2.17. The Morgan fingerprint density at radius 2 is 1.67 bits per heavy atom. The van der Waals surface area contributed by atoms with E-state index in [1.54, 1.807) is 56.7 Å². The number of thiophene rings is 1. The molecule has 0 aliphatic heterocycles. The van der Waals surface area contributed by atoms with Crippen LogP contribution in [0.1, 0.15) is 25.6 Å². The number of rotatable bonds is 7. The molecule has 1 N–H and O–H groups in total. The first kappa shape index (κ1) is 22.6.